The topological polar surface area (TPSA) is 0 Å². The van der Waals surface area contributed by atoms with Crippen LogP contribution in [-0.2, 0) is 0 Å². The fourth-order valence-corrected chi connectivity index (χ4v) is 1.57. The summed E-state index contributed by atoms with van der Waals surface area (Å²) in [5.74, 6) is 37.0. The predicted molar refractivity (Wildman–Crippen MR) is 156 cm³/mol. The summed E-state index contributed by atoms with van der Waals surface area (Å²) in [6.07, 6.45) is 6.76. The first-order valence-electron chi connectivity index (χ1n) is 11.8. The van der Waals surface area contributed by atoms with Crippen LogP contribution in [0.15, 0.2) is 91.4 Å². The zero-order valence-corrected chi connectivity index (χ0v) is 22.5. The van der Waals surface area contributed by atoms with Gasteiger partial charge >= 0.3 is 0 Å². The Balaban J connectivity index is 0.00000327. The first kappa shape index (κ1) is 32.6. The first-order valence-corrected chi connectivity index (χ1v) is 11.8. The molecule has 0 atom stereocenters. The standard InChI is InChI=1S/C35H14.C4H8/c1-5-7-8-9-10-11-12-15-19-22-25-28-32-35(4)33-29-26-23-20-17-14-13-16-18-21-24-27-31-34(3)30-6-2;1-2-4-3-1/h5H2,1-4H3;1-4H2. The van der Waals surface area contributed by atoms with Crippen LogP contribution in [0.3, 0.4) is 0 Å². The van der Waals surface area contributed by atoms with Crippen molar-refractivity contribution in [3.8, 4) is 82.9 Å². The number of allylic oxidation sites excluding steroid dienone is 2. The highest BCUT2D eigenvalue weighted by molar-refractivity contribution is 5.45. The molecule has 0 heteroatoms. The minimum Gasteiger partial charge on any atom is -0.101 e. The van der Waals surface area contributed by atoms with Crippen molar-refractivity contribution in [1.82, 2.24) is 0 Å². The van der Waals surface area contributed by atoms with Gasteiger partial charge < -0.3 is 0 Å². The molecule has 178 valence electrons. The summed E-state index contributed by atoms with van der Waals surface area (Å²) in [6.45, 7) is 7.27. The smallest absolute Gasteiger partial charge is 0.0508 e. The highest BCUT2D eigenvalue weighted by Gasteiger charge is 1.95. The Morgan fingerprint density at radius 3 is 1.13 bits per heavy atom. The maximum absolute atomic E-state index is 2.83. The summed E-state index contributed by atoms with van der Waals surface area (Å²) in [5, 5.41) is 0. The molecule has 0 unspecified atom stereocenters. The Morgan fingerprint density at radius 2 is 0.769 bits per heavy atom. The molecule has 39 heavy (non-hydrogen) atoms. The average Bonchev–Trinajstić information content (AvgIpc) is 2.88. The van der Waals surface area contributed by atoms with Gasteiger partial charge in [-0.2, -0.15) is 0 Å². The van der Waals surface area contributed by atoms with Crippen LogP contribution in [-0.4, -0.2) is 0 Å². The van der Waals surface area contributed by atoms with Gasteiger partial charge in [-0.25, -0.2) is 0 Å². The molecule has 0 aromatic heterocycles. The summed E-state index contributed by atoms with van der Waals surface area (Å²) in [7, 11) is 0. The lowest BCUT2D eigenvalue weighted by Gasteiger charge is -2.05. The molecular weight excluding hydrogens is 468 g/mol. The maximum atomic E-state index is 2.83. The van der Waals surface area contributed by atoms with Crippen LogP contribution in [0.4, 0.5) is 0 Å². The predicted octanol–water partition coefficient (Wildman–Crippen LogP) is 6.51. The summed E-state index contributed by atoms with van der Waals surface area (Å²) >= 11 is 0. The lowest BCUT2D eigenvalue weighted by molar-refractivity contribution is 0.504. The van der Waals surface area contributed by atoms with Gasteiger partial charge in [-0.3, -0.25) is 0 Å². The van der Waals surface area contributed by atoms with E-state index in [0.29, 0.717) is 5.57 Å². The van der Waals surface area contributed by atoms with E-state index in [2.05, 4.69) is 163 Å². The van der Waals surface area contributed by atoms with E-state index in [4.69, 9.17) is 0 Å². The second-order valence-corrected chi connectivity index (χ2v) is 6.69. The number of rotatable bonds is 0. The third kappa shape index (κ3) is 27.7. The molecule has 0 radical (unpaired) electrons. The van der Waals surface area contributed by atoms with E-state index < -0.39 is 0 Å². The van der Waals surface area contributed by atoms with Crippen molar-refractivity contribution >= 4 is 0 Å². The van der Waals surface area contributed by atoms with Crippen molar-refractivity contribution in [1.29, 1.82) is 0 Å². The Kier molecular flexibility index (Phi) is 23.2. The van der Waals surface area contributed by atoms with Gasteiger partial charge in [-0.15, -0.1) is 5.92 Å². The van der Waals surface area contributed by atoms with Gasteiger partial charge in [0.05, 0.1) is 5.57 Å². The van der Waals surface area contributed by atoms with E-state index in [1.807, 2.05) is 13.8 Å². The Labute approximate surface area is 233 Å². The van der Waals surface area contributed by atoms with Crippen LogP contribution >= 0.6 is 0 Å². The molecule has 0 bridgehead atoms. The molecule has 0 aromatic carbocycles. The van der Waals surface area contributed by atoms with Crippen LogP contribution in [0.25, 0.3) is 0 Å². The summed E-state index contributed by atoms with van der Waals surface area (Å²) in [6, 6.07) is 0. The van der Waals surface area contributed by atoms with E-state index in [0.717, 1.165) is 12.0 Å². The fourth-order valence-electron chi connectivity index (χ4n) is 1.57. The van der Waals surface area contributed by atoms with E-state index in [9.17, 15) is 0 Å². The van der Waals surface area contributed by atoms with Gasteiger partial charge in [0.2, 0.25) is 0 Å². The summed E-state index contributed by atoms with van der Waals surface area (Å²) in [4.78, 5) is 0. The van der Waals surface area contributed by atoms with Crippen molar-refractivity contribution in [2.75, 3.05) is 0 Å². The van der Waals surface area contributed by atoms with Crippen molar-refractivity contribution < 1.29 is 0 Å². The van der Waals surface area contributed by atoms with Crippen molar-refractivity contribution in [2.45, 2.75) is 59.8 Å². The molecule has 0 nitrogen and oxygen atoms in total. The van der Waals surface area contributed by atoms with E-state index in [-0.39, 0.29) is 0 Å². The summed E-state index contributed by atoms with van der Waals surface area (Å²) < 4.78 is 0. The third-order valence-electron chi connectivity index (χ3n) is 3.58. The van der Waals surface area contributed by atoms with Gasteiger partial charge in [-0.05, 0) is 166 Å². The molecule has 1 rings (SSSR count). The largest absolute Gasteiger partial charge is 0.101 e. The SMILES string of the molecule is C1CCC1.CC#CC(C)=C=C=C=C=C=C=C=C=C=C=C=C=C=C=C(C)C#CC#CC#CC#CC#CC#CCC. The highest BCUT2D eigenvalue weighted by Crippen LogP contribution is 2.15. The Bertz CT molecular complexity index is 1920. The minimum absolute atomic E-state index is 0.616. The lowest BCUT2D eigenvalue weighted by Crippen LogP contribution is -1.85. The van der Waals surface area contributed by atoms with Gasteiger partial charge in [0, 0.05) is 12.0 Å². The van der Waals surface area contributed by atoms with E-state index in [1.165, 1.54) is 25.7 Å². The van der Waals surface area contributed by atoms with Crippen LogP contribution in [0, 0.1) is 82.9 Å². The molecule has 0 saturated heterocycles. The normalized spacial score (nSPS) is 6.87. The van der Waals surface area contributed by atoms with Crippen LogP contribution in [0.5, 0.6) is 0 Å². The molecule has 0 aromatic rings. The second-order valence-electron chi connectivity index (χ2n) is 6.69. The molecule has 0 spiro atoms. The monoisotopic (exact) mass is 490 g/mol. The van der Waals surface area contributed by atoms with Gasteiger partial charge in [-0.1, -0.05) is 44.4 Å². The van der Waals surface area contributed by atoms with E-state index in [1.54, 1.807) is 13.8 Å². The second kappa shape index (κ2) is 27.8. The zero-order chi connectivity index (χ0) is 28.5. The molecule has 0 N–H and O–H groups in total. The molecule has 0 aliphatic heterocycles. The Morgan fingerprint density at radius 1 is 0.436 bits per heavy atom. The summed E-state index contributed by atoms with van der Waals surface area (Å²) in [5.41, 5.74) is 37.8. The van der Waals surface area contributed by atoms with Crippen molar-refractivity contribution in [2.24, 2.45) is 0 Å². The maximum Gasteiger partial charge on any atom is 0.0508 e. The van der Waals surface area contributed by atoms with E-state index >= 15 is 0 Å². The molecule has 1 aliphatic rings. The van der Waals surface area contributed by atoms with Gasteiger partial charge in [0.15, 0.2) is 0 Å². The molecule has 1 fully saturated rings. The fraction of sp³-hybridized carbons (Fsp3) is 0.231. The average molecular weight is 491 g/mol. The first-order chi connectivity index (χ1) is 19.2. The molecule has 0 heterocycles. The van der Waals surface area contributed by atoms with Gasteiger partial charge in [0.25, 0.3) is 0 Å². The Hall–Kier alpha value is -6.42. The lowest BCUT2D eigenvalue weighted by atomic mass is 10.0. The third-order valence-corrected chi connectivity index (χ3v) is 3.58. The number of hydrogen-bond donors (Lipinski definition) is 0. The van der Waals surface area contributed by atoms with Crippen molar-refractivity contribution in [3.63, 3.8) is 0 Å². The van der Waals surface area contributed by atoms with Crippen LogP contribution in [0.1, 0.15) is 59.8 Å². The minimum atomic E-state index is 0.616. The van der Waals surface area contributed by atoms with Crippen LogP contribution < -0.4 is 0 Å². The van der Waals surface area contributed by atoms with Gasteiger partial charge in [0.1, 0.15) is 0 Å². The van der Waals surface area contributed by atoms with Crippen LogP contribution in [0.2, 0.25) is 0 Å². The quantitative estimate of drug-likeness (QED) is 0.268. The molecule has 1 saturated carbocycles. The molecule has 1 aliphatic carbocycles. The highest BCUT2D eigenvalue weighted by atomic mass is 14.0. The number of hydrogen-bond acceptors (Lipinski definition) is 0. The molecular formula is C39H22. The van der Waals surface area contributed by atoms with Crippen molar-refractivity contribution in [3.05, 3.63) is 91.4 Å². The zero-order valence-electron chi connectivity index (χ0n) is 22.5. The molecule has 0 amide bonds.